The average molecular weight is 368 g/mol. The number of anilines is 2. The van der Waals surface area contributed by atoms with Crippen LogP contribution in [0.5, 0.6) is 0 Å². The number of hydrogen-bond donors (Lipinski definition) is 2. The average Bonchev–Trinajstić information content (AvgIpc) is 2.87. The van der Waals surface area contributed by atoms with Crippen LogP contribution in [-0.4, -0.2) is 45.5 Å². The van der Waals surface area contributed by atoms with Crippen molar-refractivity contribution < 1.29 is 14.8 Å². The number of benzene rings is 2. The Morgan fingerprint density at radius 1 is 1.11 bits per heavy atom. The van der Waals surface area contributed by atoms with Crippen LogP contribution >= 0.6 is 0 Å². The summed E-state index contributed by atoms with van der Waals surface area (Å²) >= 11 is 0. The number of hydroxylamine groups is 2. The first kappa shape index (κ1) is 18.7. The lowest BCUT2D eigenvalue weighted by atomic mass is 10.00. The predicted octanol–water partition coefficient (Wildman–Crippen LogP) is 3.98. The fraction of sp³-hybridized carbons (Fsp3) is 0.300. The normalized spacial score (nSPS) is 18.5. The van der Waals surface area contributed by atoms with Gasteiger partial charge in [-0.2, -0.15) is 5.06 Å². The van der Waals surface area contributed by atoms with Crippen molar-refractivity contribution >= 4 is 23.4 Å². The van der Waals surface area contributed by atoms with Crippen LogP contribution in [0.4, 0.5) is 21.0 Å². The maximum atomic E-state index is 13.0. The van der Waals surface area contributed by atoms with Crippen LogP contribution in [0.3, 0.4) is 0 Å². The monoisotopic (exact) mass is 368 g/mol. The van der Waals surface area contributed by atoms with Gasteiger partial charge in [0, 0.05) is 17.9 Å². The van der Waals surface area contributed by atoms with Gasteiger partial charge in [0.05, 0.1) is 5.54 Å². The van der Waals surface area contributed by atoms with E-state index in [2.05, 4.69) is 5.32 Å². The third-order valence-electron chi connectivity index (χ3n) is 4.82. The molecule has 2 aromatic carbocycles. The lowest BCUT2D eigenvalue weighted by Gasteiger charge is -2.38. The summed E-state index contributed by atoms with van der Waals surface area (Å²) in [5.74, 6) is 0. The molecule has 1 aliphatic heterocycles. The highest BCUT2D eigenvalue weighted by molar-refractivity contribution is 5.98. The van der Waals surface area contributed by atoms with E-state index in [-0.39, 0.29) is 6.03 Å². The van der Waals surface area contributed by atoms with E-state index in [1.165, 1.54) is 4.90 Å². The summed E-state index contributed by atoms with van der Waals surface area (Å²) in [5.41, 5.74) is 0.371. The summed E-state index contributed by atoms with van der Waals surface area (Å²) in [6.07, 6.45) is -0.893. The molecule has 2 aromatic rings. The molecule has 0 aliphatic carbocycles. The number of urea groups is 2. The zero-order chi connectivity index (χ0) is 19.6. The third kappa shape index (κ3) is 3.33. The molecule has 1 saturated heterocycles. The summed E-state index contributed by atoms with van der Waals surface area (Å²) in [5, 5.41) is 14.0. The molecule has 27 heavy (non-hydrogen) atoms. The van der Waals surface area contributed by atoms with Crippen LogP contribution in [0.2, 0.25) is 0 Å². The molecule has 1 atom stereocenters. The van der Waals surface area contributed by atoms with Crippen LogP contribution < -0.4 is 10.2 Å². The van der Waals surface area contributed by atoms with Gasteiger partial charge in [-0.15, -0.1) is 0 Å². The Labute approximate surface area is 158 Å². The van der Waals surface area contributed by atoms with E-state index >= 15 is 0 Å². The van der Waals surface area contributed by atoms with Gasteiger partial charge >= 0.3 is 12.1 Å². The first-order valence-electron chi connectivity index (χ1n) is 8.88. The highest BCUT2D eigenvalue weighted by Crippen LogP contribution is 2.37. The molecular formula is C20H24N4O3. The minimum absolute atomic E-state index is 0.259. The number of rotatable bonds is 4. The van der Waals surface area contributed by atoms with E-state index in [0.29, 0.717) is 23.0 Å². The van der Waals surface area contributed by atoms with Crippen molar-refractivity contribution in [3.63, 3.8) is 0 Å². The highest BCUT2D eigenvalue weighted by atomic mass is 16.5. The van der Waals surface area contributed by atoms with Crippen molar-refractivity contribution in [2.45, 2.75) is 32.5 Å². The summed E-state index contributed by atoms with van der Waals surface area (Å²) < 4.78 is 0. The van der Waals surface area contributed by atoms with Crippen molar-refractivity contribution in [3.8, 4) is 0 Å². The Balaban J connectivity index is 1.95. The molecule has 142 valence electrons. The van der Waals surface area contributed by atoms with E-state index in [9.17, 15) is 14.8 Å². The topological polar surface area (TPSA) is 76.1 Å². The molecule has 0 radical (unpaired) electrons. The number of carbonyl (C=O) groups is 2. The van der Waals surface area contributed by atoms with Crippen molar-refractivity contribution in [2.75, 3.05) is 16.8 Å². The molecule has 2 N–H and O–H groups in total. The maximum Gasteiger partial charge on any atom is 0.347 e. The second kappa shape index (κ2) is 7.28. The number of amides is 4. The highest BCUT2D eigenvalue weighted by Gasteiger charge is 2.55. The summed E-state index contributed by atoms with van der Waals surface area (Å²) in [6.45, 7) is 6.00. The minimum atomic E-state index is -0.893. The van der Waals surface area contributed by atoms with E-state index in [1.54, 1.807) is 41.3 Å². The number of carbonyl (C=O) groups excluding carboxylic acids is 2. The lowest BCUT2D eigenvalue weighted by molar-refractivity contribution is -0.0945. The molecule has 4 amide bonds. The number of nitrogens with one attached hydrogen (secondary N) is 1. The summed E-state index contributed by atoms with van der Waals surface area (Å²) in [7, 11) is 0. The second-order valence-corrected chi connectivity index (χ2v) is 6.90. The van der Waals surface area contributed by atoms with E-state index in [0.717, 1.165) is 0 Å². The van der Waals surface area contributed by atoms with Crippen LogP contribution in [0, 0.1) is 0 Å². The van der Waals surface area contributed by atoms with Gasteiger partial charge in [-0.25, -0.2) is 9.59 Å². The molecule has 0 aromatic heterocycles. The molecule has 1 unspecified atom stereocenters. The molecule has 0 spiro atoms. The number of likely N-dealkylation sites (N-methyl/N-ethyl adjacent to an activating group) is 1. The van der Waals surface area contributed by atoms with Gasteiger partial charge in [-0.1, -0.05) is 36.4 Å². The van der Waals surface area contributed by atoms with Crippen molar-refractivity contribution in [1.82, 2.24) is 9.96 Å². The van der Waals surface area contributed by atoms with Crippen molar-refractivity contribution in [1.29, 1.82) is 0 Å². The number of para-hydroxylation sites is 2. The quantitative estimate of drug-likeness (QED) is 0.633. The zero-order valence-corrected chi connectivity index (χ0v) is 15.7. The molecule has 3 rings (SSSR count). The molecule has 1 heterocycles. The van der Waals surface area contributed by atoms with E-state index in [4.69, 9.17) is 0 Å². The van der Waals surface area contributed by atoms with Crippen LogP contribution in [-0.2, 0) is 0 Å². The van der Waals surface area contributed by atoms with Gasteiger partial charge in [0.1, 0.15) is 0 Å². The Hall–Kier alpha value is -3.06. The van der Waals surface area contributed by atoms with Crippen LogP contribution in [0.15, 0.2) is 60.7 Å². The number of hydrogen-bond acceptors (Lipinski definition) is 3. The Kier molecular flexibility index (Phi) is 5.05. The number of nitrogens with zero attached hydrogens (tertiary/aromatic N) is 3. The Bertz CT molecular complexity index is 810. The minimum Gasteiger partial charge on any atom is -0.315 e. The molecule has 7 heteroatoms. The summed E-state index contributed by atoms with van der Waals surface area (Å²) in [6, 6.07) is 16.9. The molecule has 0 bridgehead atoms. The standard InChI is InChI=1S/C20H24N4O3/c1-4-22-19(26)23(16-13-9-6-10-14-16)17(20(22,2)3)24(27)18(25)21-15-11-7-5-8-12-15/h5-14,17,27H,4H2,1-3H3,(H,21,25). The molecular weight excluding hydrogens is 344 g/mol. The van der Waals surface area contributed by atoms with Gasteiger partial charge in [0.15, 0.2) is 6.17 Å². The van der Waals surface area contributed by atoms with Crippen molar-refractivity contribution in [2.24, 2.45) is 0 Å². The maximum absolute atomic E-state index is 13.0. The second-order valence-electron chi connectivity index (χ2n) is 6.90. The first-order chi connectivity index (χ1) is 12.9. The van der Waals surface area contributed by atoms with E-state index in [1.807, 2.05) is 45.0 Å². The van der Waals surface area contributed by atoms with E-state index < -0.39 is 17.7 Å². The summed E-state index contributed by atoms with van der Waals surface area (Å²) in [4.78, 5) is 28.8. The van der Waals surface area contributed by atoms with Gasteiger partial charge in [-0.3, -0.25) is 10.1 Å². The molecule has 1 fully saturated rings. The fourth-order valence-corrected chi connectivity index (χ4v) is 3.54. The predicted molar refractivity (Wildman–Crippen MR) is 104 cm³/mol. The lowest BCUT2D eigenvalue weighted by Crippen LogP contribution is -2.58. The largest absolute Gasteiger partial charge is 0.347 e. The molecule has 7 nitrogen and oxygen atoms in total. The first-order valence-corrected chi connectivity index (χ1v) is 8.88. The van der Waals surface area contributed by atoms with Crippen molar-refractivity contribution in [3.05, 3.63) is 60.7 Å². The molecule has 1 aliphatic rings. The van der Waals surface area contributed by atoms with Gasteiger partial charge in [0.25, 0.3) is 0 Å². The SMILES string of the molecule is CCN1C(=O)N(c2ccccc2)C(N(O)C(=O)Nc2ccccc2)C1(C)C. The Morgan fingerprint density at radius 2 is 1.67 bits per heavy atom. The smallest absolute Gasteiger partial charge is 0.315 e. The third-order valence-corrected chi connectivity index (χ3v) is 4.82. The van der Waals surface area contributed by atoms with Crippen LogP contribution in [0.25, 0.3) is 0 Å². The van der Waals surface area contributed by atoms with Gasteiger partial charge in [-0.05, 0) is 45.0 Å². The van der Waals surface area contributed by atoms with Crippen LogP contribution in [0.1, 0.15) is 20.8 Å². The Morgan fingerprint density at radius 3 is 2.22 bits per heavy atom. The van der Waals surface area contributed by atoms with Gasteiger partial charge in [0.2, 0.25) is 0 Å². The zero-order valence-electron chi connectivity index (χ0n) is 15.7. The fourth-order valence-electron chi connectivity index (χ4n) is 3.54. The van der Waals surface area contributed by atoms with Gasteiger partial charge < -0.3 is 10.2 Å². The molecule has 0 saturated carbocycles.